The number of imide groups is 1. The first-order chi connectivity index (χ1) is 18.4. The van der Waals surface area contributed by atoms with E-state index in [2.05, 4.69) is 31.9 Å². The number of para-hydroxylation sites is 2. The molecule has 10 heteroatoms. The topological polar surface area (TPSA) is 74.3 Å². The summed E-state index contributed by atoms with van der Waals surface area (Å²) in [6.45, 7) is 2.93. The van der Waals surface area contributed by atoms with E-state index in [0.717, 1.165) is 17.3 Å². The maximum Gasteiger partial charge on any atom is 0.293 e. The first-order valence-electron chi connectivity index (χ1n) is 11.8. The van der Waals surface area contributed by atoms with Gasteiger partial charge in [-0.25, -0.2) is 0 Å². The Morgan fingerprint density at radius 1 is 0.895 bits per heavy atom. The molecule has 1 heterocycles. The van der Waals surface area contributed by atoms with Crippen molar-refractivity contribution >= 4 is 60.8 Å². The second-order valence-corrected chi connectivity index (χ2v) is 10.5. The number of methoxy groups -OCH3 is 1. The van der Waals surface area contributed by atoms with Crippen molar-refractivity contribution in [2.45, 2.75) is 13.5 Å². The number of thioether (sulfide) groups is 1. The number of rotatable bonds is 11. The van der Waals surface area contributed by atoms with Crippen LogP contribution in [0.25, 0.3) is 6.08 Å². The summed E-state index contributed by atoms with van der Waals surface area (Å²) in [6.07, 6.45) is 1.67. The molecular weight excluding hydrogens is 638 g/mol. The Kier molecular flexibility index (Phi) is 9.76. The van der Waals surface area contributed by atoms with Gasteiger partial charge >= 0.3 is 0 Å². The number of ether oxygens (including phenoxy) is 4. The SMILES string of the molecule is CCOc1cc(/C=C2\SC(=O)N(CCOc3ccccc3OC)C2=O)c(Br)c(Br)c1OCc1ccccc1. The van der Waals surface area contributed by atoms with Crippen molar-refractivity contribution in [2.24, 2.45) is 0 Å². The molecule has 38 heavy (non-hydrogen) atoms. The maximum absolute atomic E-state index is 13.1. The van der Waals surface area contributed by atoms with Gasteiger partial charge in [-0.15, -0.1) is 0 Å². The standard InChI is InChI=1S/C28H25Br2NO6S/c1-3-35-22-15-19(24(29)25(30)26(22)37-17-18-9-5-4-6-10-18)16-23-27(32)31(28(33)38-23)13-14-36-21-12-8-7-11-20(21)34-2/h4-12,15-16H,3,13-14,17H2,1-2H3/b23-16-. The predicted molar refractivity (Wildman–Crippen MR) is 155 cm³/mol. The predicted octanol–water partition coefficient (Wildman–Crippen LogP) is 7.31. The molecule has 198 valence electrons. The van der Waals surface area contributed by atoms with Gasteiger partial charge in [0.05, 0.1) is 29.6 Å². The van der Waals surface area contributed by atoms with Crippen LogP contribution in [0.5, 0.6) is 23.0 Å². The van der Waals surface area contributed by atoms with Crippen molar-refractivity contribution in [2.75, 3.05) is 26.9 Å². The van der Waals surface area contributed by atoms with Crippen LogP contribution in [0.15, 0.2) is 74.5 Å². The highest BCUT2D eigenvalue weighted by Gasteiger charge is 2.35. The van der Waals surface area contributed by atoms with E-state index in [1.54, 1.807) is 31.4 Å². The first-order valence-corrected chi connectivity index (χ1v) is 14.2. The normalized spacial score (nSPS) is 14.2. The second-order valence-electron chi connectivity index (χ2n) is 7.96. The van der Waals surface area contributed by atoms with E-state index < -0.39 is 0 Å². The van der Waals surface area contributed by atoms with Crippen LogP contribution in [-0.4, -0.2) is 42.9 Å². The molecule has 1 saturated heterocycles. The molecule has 0 N–H and O–H groups in total. The lowest BCUT2D eigenvalue weighted by atomic mass is 10.1. The Hall–Kier alpha value is -2.95. The fraction of sp³-hybridized carbons (Fsp3) is 0.214. The molecule has 0 radical (unpaired) electrons. The molecular formula is C28H25Br2NO6S. The van der Waals surface area contributed by atoms with Gasteiger partial charge in [0.2, 0.25) is 0 Å². The minimum Gasteiger partial charge on any atom is -0.493 e. The van der Waals surface area contributed by atoms with E-state index in [-0.39, 0.29) is 24.3 Å². The molecule has 0 bridgehead atoms. The minimum atomic E-state index is -0.381. The summed E-state index contributed by atoms with van der Waals surface area (Å²) < 4.78 is 24.3. The van der Waals surface area contributed by atoms with Crippen LogP contribution in [0.3, 0.4) is 0 Å². The van der Waals surface area contributed by atoms with E-state index in [1.165, 1.54) is 4.90 Å². The zero-order chi connectivity index (χ0) is 27.1. The molecule has 1 aliphatic heterocycles. The summed E-state index contributed by atoms with van der Waals surface area (Å²) in [5, 5.41) is -0.354. The van der Waals surface area contributed by atoms with Crippen molar-refractivity contribution in [3.05, 3.63) is 85.6 Å². The molecule has 0 unspecified atom stereocenters. The van der Waals surface area contributed by atoms with Crippen LogP contribution in [0.2, 0.25) is 0 Å². The van der Waals surface area contributed by atoms with Gasteiger partial charge in [0.15, 0.2) is 23.0 Å². The third kappa shape index (κ3) is 6.54. The molecule has 0 spiro atoms. The van der Waals surface area contributed by atoms with Crippen LogP contribution < -0.4 is 18.9 Å². The van der Waals surface area contributed by atoms with E-state index in [9.17, 15) is 9.59 Å². The molecule has 0 atom stereocenters. The van der Waals surface area contributed by atoms with Gasteiger partial charge in [-0.3, -0.25) is 14.5 Å². The van der Waals surface area contributed by atoms with Crippen LogP contribution in [0.4, 0.5) is 4.79 Å². The largest absolute Gasteiger partial charge is 0.493 e. The third-order valence-electron chi connectivity index (χ3n) is 5.48. The van der Waals surface area contributed by atoms with Crippen LogP contribution in [0.1, 0.15) is 18.1 Å². The average molecular weight is 663 g/mol. The summed E-state index contributed by atoms with van der Waals surface area (Å²) in [5.74, 6) is 1.81. The summed E-state index contributed by atoms with van der Waals surface area (Å²) in [6, 6.07) is 18.8. The quantitative estimate of drug-likeness (QED) is 0.199. The Labute approximate surface area is 242 Å². The average Bonchev–Trinajstić information content (AvgIpc) is 3.19. The molecule has 0 aliphatic carbocycles. The fourth-order valence-corrected chi connectivity index (χ4v) is 5.46. The van der Waals surface area contributed by atoms with Gasteiger partial charge in [0.1, 0.15) is 13.2 Å². The van der Waals surface area contributed by atoms with E-state index in [0.29, 0.717) is 55.6 Å². The van der Waals surface area contributed by atoms with Gasteiger partial charge in [0, 0.05) is 4.47 Å². The van der Waals surface area contributed by atoms with Crippen molar-refractivity contribution in [3.63, 3.8) is 0 Å². The number of carbonyl (C=O) groups excluding carboxylic acids is 2. The van der Waals surface area contributed by atoms with Crippen LogP contribution in [0, 0.1) is 0 Å². The highest BCUT2D eigenvalue weighted by molar-refractivity contribution is 9.13. The molecule has 0 aromatic heterocycles. The first kappa shape index (κ1) is 28.1. The van der Waals surface area contributed by atoms with Crippen molar-refractivity contribution in [1.29, 1.82) is 0 Å². The summed E-state index contributed by atoms with van der Waals surface area (Å²) >= 11 is 8.09. The second kappa shape index (κ2) is 13.2. The molecule has 0 saturated carbocycles. The van der Waals surface area contributed by atoms with E-state index >= 15 is 0 Å². The Bertz CT molecular complexity index is 1350. The van der Waals surface area contributed by atoms with Gasteiger partial charge in [0.25, 0.3) is 11.1 Å². The van der Waals surface area contributed by atoms with Crippen molar-refractivity contribution in [3.8, 4) is 23.0 Å². The zero-order valence-electron chi connectivity index (χ0n) is 20.7. The fourth-order valence-electron chi connectivity index (χ4n) is 3.66. The van der Waals surface area contributed by atoms with Crippen LogP contribution >= 0.6 is 43.6 Å². The molecule has 1 fully saturated rings. The third-order valence-corrected chi connectivity index (χ3v) is 8.53. The number of nitrogens with zero attached hydrogens (tertiary/aromatic N) is 1. The number of carbonyl (C=O) groups is 2. The van der Waals surface area contributed by atoms with Crippen LogP contribution in [-0.2, 0) is 11.4 Å². The molecule has 3 aromatic carbocycles. The molecule has 1 aliphatic rings. The zero-order valence-corrected chi connectivity index (χ0v) is 24.7. The lowest BCUT2D eigenvalue weighted by Gasteiger charge is -2.17. The summed E-state index contributed by atoms with van der Waals surface area (Å²) in [5.41, 5.74) is 1.69. The highest BCUT2D eigenvalue weighted by atomic mass is 79.9. The lowest BCUT2D eigenvalue weighted by molar-refractivity contribution is -0.123. The Balaban J connectivity index is 1.50. The number of hydrogen-bond donors (Lipinski definition) is 0. The molecule has 7 nitrogen and oxygen atoms in total. The van der Waals surface area contributed by atoms with Crippen molar-refractivity contribution < 1.29 is 28.5 Å². The molecule has 3 aromatic rings. The minimum absolute atomic E-state index is 0.112. The van der Waals surface area contributed by atoms with Crippen molar-refractivity contribution in [1.82, 2.24) is 4.90 Å². The Morgan fingerprint density at radius 3 is 2.32 bits per heavy atom. The van der Waals surface area contributed by atoms with Gasteiger partial charge in [-0.2, -0.15) is 0 Å². The number of hydrogen-bond acceptors (Lipinski definition) is 7. The maximum atomic E-state index is 13.1. The van der Waals surface area contributed by atoms with Gasteiger partial charge in [-0.1, -0.05) is 42.5 Å². The smallest absolute Gasteiger partial charge is 0.293 e. The summed E-state index contributed by atoms with van der Waals surface area (Å²) in [4.78, 5) is 27.2. The highest BCUT2D eigenvalue weighted by Crippen LogP contribution is 2.45. The number of benzene rings is 3. The van der Waals surface area contributed by atoms with Gasteiger partial charge in [-0.05, 0) is 85.9 Å². The van der Waals surface area contributed by atoms with E-state index in [1.807, 2.05) is 49.4 Å². The number of halogens is 2. The molecule has 4 rings (SSSR count). The van der Waals surface area contributed by atoms with Gasteiger partial charge < -0.3 is 18.9 Å². The summed E-state index contributed by atoms with van der Waals surface area (Å²) in [7, 11) is 1.55. The van der Waals surface area contributed by atoms with E-state index in [4.69, 9.17) is 18.9 Å². The molecule has 2 amide bonds. The Morgan fingerprint density at radius 2 is 1.61 bits per heavy atom. The lowest BCUT2D eigenvalue weighted by Crippen LogP contribution is -2.32. The monoisotopic (exact) mass is 661 g/mol. The number of amides is 2.